The molecule has 1 aliphatic rings. The minimum Gasteiger partial charge on any atom is -0.266 e. The largest absolute Gasteiger partial charge is 0.266 e. The molecule has 0 saturated carbocycles. The van der Waals surface area contributed by atoms with Gasteiger partial charge in [0.1, 0.15) is 16.7 Å². The van der Waals surface area contributed by atoms with Gasteiger partial charge in [0.25, 0.3) is 10.0 Å². The number of sulfonamides is 1. The number of para-hydroxylation sites is 1. The van der Waals surface area contributed by atoms with E-state index in [-0.39, 0.29) is 10.6 Å². The number of benzene rings is 1. The minimum atomic E-state index is -3.64. The zero-order valence-corrected chi connectivity index (χ0v) is 12.0. The number of nitriles is 1. The van der Waals surface area contributed by atoms with Gasteiger partial charge in [0, 0.05) is 12.7 Å². The van der Waals surface area contributed by atoms with Gasteiger partial charge in [-0.2, -0.15) is 5.26 Å². The van der Waals surface area contributed by atoms with E-state index in [0.717, 1.165) is 24.1 Å². The summed E-state index contributed by atoms with van der Waals surface area (Å²) in [6.07, 6.45) is 2.92. The van der Waals surface area contributed by atoms with Crippen LogP contribution < -0.4 is 4.31 Å². The lowest BCUT2D eigenvalue weighted by Crippen LogP contribution is -2.35. The first-order valence-electron chi connectivity index (χ1n) is 6.60. The van der Waals surface area contributed by atoms with Crippen LogP contribution in [0.15, 0.2) is 47.5 Å². The third-order valence-corrected chi connectivity index (χ3v) is 5.30. The summed E-state index contributed by atoms with van der Waals surface area (Å²) in [4.78, 5) is 3.96. The first-order valence-corrected chi connectivity index (χ1v) is 8.04. The van der Waals surface area contributed by atoms with Crippen molar-refractivity contribution in [2.75, 3.05) is 10.8 Å². The van der Waals surface area contributed by atoms with Gasteiger partial charge in [-0.05, 0) is 36.6 Å². The molecule has 0 aliphatic carbocycles. The summed E-state index contributed by atoms with van der Waals surface area (Å²) >= 11 is 0. The van der Waals surface area contributed by atoms with Crippen molar-refractivity contribution in [2.45, 2.75) is 17.7 Å². The van der Waals surface area contributed by atoms with Crippen LogP contribution in [-0.4, -0.2) is 19.9 Å². The van der Waals surface area contributed by atoms with E-state index in [4.69, 9.17) is 5.26 Å². The van der Waals surface area contributed by atoms with E-state index >= 15 is 0 Å². The Morgan fingerprint density at radius 2 is 2.00 bits per heavy atom. The average Bonchev–Trinajstić information content (AvgIpc) is 2.54. The van der Waals surface area contributed by atoms with Crippen molar-refractivity contribution in [1.82, 2.24) is 4.98 Å². The molecule has 0 N–H and O–H groups in total. The summed E-state index contributed by atoms with van der Waals surface area (Å²) in [5.41, 5.74) is 1.97. The van der Waals surface area contributed by atoms with E-state index in [9.17, 15) is 8.42 Å². The van der Waals surface area contributed by atoms with Crippen molar-refractivity contribution in [3.8, 4) is 6.07 Å². The average molecular weight is 299 g/mol. The molecule has 3 rings (SSSR count). The highest BCUT2D eigenvalue weighted by Crippen LogP contribution is 2.31. The molecule has 1 aromatic heterocycles. The van der Waals surface area contributed by atoms with Crippen LogP contribution in [0.2, 0.25) is 0 Å². The van der Waals surface area contributed by atoms with Gasteiger partial charge >= 0.3 is 0 Å². The number of aromatic nitrogens is 1. The summed E-state index contributed by atoms with van der Waals surface area (Å²) < 4.78 is 26.9. The molecule has 1 aliphatic heterocycles. The molecule has 5 nitrogen and oxygen atoms in total. The highest BCUT2D eigenvalue weighted by molar-refractivity contribution is 7.92. The summed E-state index contributed by atoms with van der Waals surface area (Å²) in [5, 5.41) is 8.74. The molecule has 0 saturated heterocycles. The molecule has 1 aromatic carbocycles. The number of nitrogens with zero attached hydrogens (tertiary/aromatic N) is 3. The van der Waals surface area contributed by atoms with E-state index in [1.165, 1.54) is 22.6 Å². The molecule has 0 bridgehead atoms. The Kier molecular flexibility index (Phi) is 3.35. The summed E-state index contributed by atoms with van der Waals surface area (Å²) in [5.74, 6) is 0. The normalized spacial score (nSPS) is 14.3. The van der Waals surface area contributed by atoms with Crippen LogP contribution in [0.1, 0.15) is 17.7 Å². The van der Waals surface area contributed by atoms with Crippen molar-refractivity contribution in [3.63, 3.8) is 0 Å². The zero-order valence-electron chi connectivity index (χ0n) is 11.2. The molecular formula is C15H13N3O2S. The number of aryl methyl sites for hydroxylation is 1. The van der Waals surface area contributed by atoms with Crippen molar-refractivity contribution < 1.29 is 8.42 Å². The maximum Gasteiger partial charge on any atom is 0.265 e. The standard InChI is InChI=1S/C15H13N3O2S/c16-10-13-7-8-14(11-17-13)21(19,20)18-9-3-5-12-4-1-2-6-15(12)18/h1-2,4,6-8,11H,3,5,9H2. The highest BCUT2D eigenvalue weighted by Gasteiger charge is 2.28. The minimum absolute atomic E-state index is 0.109. The van der Waals surface area contributed by atoms with Crippen molar-refractivity contribution in [1.29, 1.82) is 5.26 Å². The molecule has 0 radical (unpaired) electrons. The molecule has 6 heteroatoms. The quantitative estimate of drug-likeness (QED) is 0.851. The zero-order chi connectivity index (χ0) is 14.9. The summed E-state index contributed by atoms with van der Waals surface area (Å²) in [7, 11) is -3.64. The monoisotopic (exact) mass is 299 g/mol. The van der Waals surface area contributed by atoms with Crippen LogP contribution in [-0.2, 0) is 16.4 Å². The Bertz CT molecular complexity index is 808. The molecule has 0 atom stereocenters. The number of pyridine rings is 1. The Hall–Kier alpha value is -2.39. The second kappa shape index (κ2) is 5.19. The van der Waals surface area contributed by atoms with E-state index in [1.54, 1.807) is 0 Å². The number of hydrogen-bond donors (Lipinski definition) is 0. The van der Waals surface area contributed by atoms with Gasteiger partial charge in [0.05, 0.1) is 5.69 Å². The van der Waals surface area contributed by atoms with Crippen LogP contribution in [0.4, 0.5) is 5.69 Å². The molecule has 0 fully saturated rings. The summed E-state index contributed by atoms with van der Waals surface area (Å²) in [6, 6.07) is 12.3. The summed E-state index contributed by atoms with van der Waals surface area (Å²) in [6.45, 7) is 0.458. The molecular weight excluding hydrogens is 286 g/mol. The van der Waals surface area contributed by atoms with E-state index < -0.39 is 10.0 Å². The third-order valence-electron chi connectivity index (χ3n) is 3.51. The third kappa shape index (κ3) is 2.36. The van der Waals surface area contributed by atoms with Gasteiger partial charge in [0.15, 0.2) is 0 Å². The number of hydrogen-bond acceptors (Lipinski definition) is 4. The van der Waals surface area contributed by atoms with Crippen LogP contribution in [0.3, 0.4) is 0 Å². The Morgan fingerprint density at radius 3 is 2.71 bits per heavy atom. The Balaban J connectivity index is 2.05. The molecule has 0 amide bonds. The van der Waals surface area contributed by atoms with Gasteiger partial charge in [-0.15, -0.1) is 0 Å². The van der Waals surface area contributed by atoms with E-state index in [1.807, 2.05) is 30.3 Å². The fourth-order valence-corrected chi connectivity index (χ4v) is 3.96. The van der Waals surface area contributed by atoms with Crippen LogP contribution in [0.5, 0.6) is 0 Å². The molecule has 0 unspecified atom stereocenters. The second-order valence-corrected chi connectivity index (χ2v) is 6.66. The van der Waals surface area contributed by atoms with Crippen LogP contribution in [0.25, 0.3) is 0 Å². The topological polar surface area (TPSA) is 74.1 Å². The highest BCUT2D eigenvalue weighted by atomic mass is 32.2. The van der Waals surface area contributed by atoms with Gasteiger partial charge in [0.2, 0.25) is 0 Å². The molecule has 0 spiro atoms. The maximum atomic E-state index is 12.8. The molecule has 106 valence electrons. The fraction of sp³-hybridized carbons (Fsp3) is 0.200. The van der Waals surface area contributed by atoms with Crippen molar-refractivity contribution >= 4 is 15.7 Å². The van der Waals surface area contributed by atoms with Crippen molar-refractivity contribution in [3.05, 3.63) is 53.9 Å². The van der Waals surface area contributed by atoms with Gasteiger partial charge in [-0.25, -0.2) is 13.4 Å². The number of fused-ring (bicyclic) bond motifs is 1. The smallest absolute Gasteiger partial charge is 0.265 e. The number of anilines is 1. The van der Waals surface area contributed by atoms with Gasteiger partial charge in [-0.1, -0.05) is 18.2 Å². The van der Waals surface area contributed by atoms with Crippen molar-refractivity contribution in [2.24, 2.45) is 0 Å². The molecule has 2 heterocycles. The Labute approximate surface area is 123 Å². The van der Waals surface area contributed by atoms with E-state index in [0.29, 0.717) is 6.54 Å². The first kappa shape index (κ1) is 13.6. The number of rotatable bonds is 2. The lowest BCUT2D eigenvalue weighted by atomic mass is 10.0. The van der Waals surface area contributed by atoms with Gasteiger partial charge in [-0.3, -0.25) is 4.31 Å². The Morgan fingerprint density at radius 1 is 1.19 bits per heavy atom. The molecule has 21 heavy (non-hydrogen) atoms. The first-order chi connectivity index (χ1) is 10.1. The second-order valence-electron chi connectivity index (χ2n) is 4.80. The fourth-order valence-electron chi connectivity index (χ4n) is 2.48. The van der Waals surface area contributed by atoms with Crippen LogP contribution in [0, 0.1) is 11.3 Å². The predicted octanol–water partition coefficient (Wildman–Crippen LogP) is 2.09. The lowest BCUT2D eigenvalue weighted by Gasteiger charge is -2.30. The molecule has 2 aromatic rings. The van der Waals surface area contributed by atoms with E-state index in [2.05, 4.69) is 4.98 Å². The lowest BCUT2D eigenvalue weighted by molar-refractivity contribution is 0.586. The van der Waals surface area contributed by atoms with Gasteiger partial charge < -0.3 is 0 Å². The van der Waals surface area contributed by atoms with Crippen LogP contribution >= 0.6 is 0 Å². The SMILES string of the molecule is N#Cc1ccc(S(=O)(=O)N2CCCc3ccccc32)cn1. The maximum absolute atomic E-state index is 12.8. The predicted molar refractivity (Wildman–Crippen MR) is 78.2 cm³/mol.